The molecule has 2 aromatic rings. The highest BCUT2D eigenvalue weighted by Gasteiger charge is 2.14. The Morgan fingerprint density at radius 3 is 2.74 bits per heavy atom. The summed E-state index contributed by atoms with van der Waals surface area (Å²) in [5, 5.41) is 3.40. The van der Waals surface area contributed by atoms with E-state index in [-0.39, 0.29) is 0 Å². The number of fused-ring (bicyclic) bond motifs is 1. The fourth-order valence-electron chi connectivity index (χ4n) is 2.12. The van der Waals surface area contributed by atoms with E-state index in [1.54, 1.807) is 12.4 Å². The van der Waals surface area contributed by atoms with Gasteiger partial charge in [0.15, 0.2) is 11.5 Å². The standard InChI is InChI=1S/C15H16N2O2/c1-2-13(15-14(3-1)18-8-9-19-15)11-17-10-12-4-6-16-7-5-12/h1-7,17H,8-11H2. The summed E-state index contributed by atoms with van der Waals surface area (Å²) in [6, 6.07) is 10.0. The Morgan fingerprint density at radius 2 is 1.84 bits per heavy atom. The summed E-state index contributed by atoms with van der Waals surface area (Å²) in [6.45, 7) is 2.82. The van der Waals surface area contributed by atoms with Crippen LogP contribution in [0.4, 0.5) is 0 Å². The molecule has 0 atom stereocenters. The third-order valence-electron chi connectivity index (χ3n) is 3.04. The molecular formula is C15H16N2O2. The second-order valence-corrected chi connectivity index (χ2v) is 4.40. The average molecular weight is 256 g/mol. The van der Waals surface area contributed by atoms with Gasteiger partial charge in [0, 0.05) is 31.0 Å². The highest BCUT2D eigenvalue weighted by molar-refractivity contribution is 5.47. The molecule has 2 heterocycles. The number of hydrogen-bond acceptors (Lipinski definition) is 4. The first-order valence-electron chi connectivity index (χ1n) is 6.40. The molecule has 0 unspecified atom stereocenters. The number of nitrogens with zero attached hydrogens (tertiary/aromatic N) is 1. The summed E-state index contributed by atoms with van der Waals surface area (Å²) in [4.78, 5) is 4.00. The van der Waals surface area contributed by atoms with Crippen molar-refractivity contribution in [3.63, 3.8) is 0 Å². The van der Waals surface area contributed by atoms with Crippen LogP contribution < -0.4 is 14.8 Å². The minimum Gasteiger partial charge on any atom is -0.486 e. The van der Waals surface area contributed by atoms with E-state index in [0.29, 0.717) is 13.2 Å². The van der Waals surface area contributed by atoms with Crippen LogP contribution in [0.1, 0.15) is 11.1 Å². The molecule has 3 rings (SSSR count). The van der Waals surface area contributed by atoms with Crippen molar-refractivity contribution in [2.75, 3.05) is 13.2 Å². The van der Waals surface area contributed by atoms with Crippen LogP contribution in [0.25, 0.3) is 0 Å². The Hall–Kier alpha value is -2.07. The van der Waals surface area contributed by atoms with E-state index in [9.17, 15) is 0 Å². The second kappa shape index (κ2) is 5.71. The van der Waals surface area contributed by atoms with Gasteiger partial charge in [-0.3, -0.25) is 4.98 Å². The lowest BCUT2D eigenvalue weighted by molar-refractivity contribution is 0.169. The van der Waals surface area contributed by atoms with Gasteiger partial charge in [0.25, 0.3) is 0 Å². The van der Waals surface area contributed by atoms with Gasteiger partial charge >= 0.3 is 0 Å². The molecule has 19 heavy (non-hydrogen) atoms. The minimum absolute atomic E-state index is 0.619. The fraction of sp³-hybridized carbons (Fsp3) is 0.267. The van der Waals surface area contributed by atoms with Gasteiger partial charge in [-0.2, -0.15) is 0 Å². The molecule has 4 heteroatoms. The van der Waals surface area contributed by atoms with Crippen molar-refractivity contribution in [2.24, 2.45) is 0 Å². The fourth-order valence-corrected chi connectivity index (χ4v) is 2.12. The Kier molecular flexibility index (Phi) is 3.61. The smallest absolute Gasteiger partial charge is 0.165 e. The van der Waals surface area contributed by atoms with E-state index < -0.39 is 0 Å². The molecule has 0 spiro atoms. The van der Waals surface area contributed by atoms with Crippen molar-refractivity contribution in [1.29, 1.82) is 0 Å². The van der Waals surface area contributed by atoms with Crippen LogP contribution in [0, 0.1) is 0 Å². The first kappa shape index (κ1) is 12.0. The van der Waals surface area contributed by atoms with Crippen LogP contribution in [0.3, 0.4) is 0 Å². The number of ether oxygens (including phenoxy) is 2. The predicted octanol–water partition coefficient (Wildman–Crippen LogP) is 2.14. The first-order valence-corrected chi connectivity index (χ1v) is 6.40. The van der Waals surface area contributed by atoms with Gasteiger partial charge in [0.05, 0.1) is 0 Å². The topological polar surface area (TPSA) is 43.4 Å². The van der Waals surface area contributed by atoms with E-state index in [4.69, 9.17) is 9.47 Å². The van der Waals surface area contributed by atoms with Crippen LogP contribution >= 0.6 is 0 Å². The monoisotopic (exact) mass is 256 g/mol. The lowest BCUT2D eigenvalue weighted by Gasteiger charge is -2.21. The Labute approximate surface area is 112 Å². The molecule has 1 N–H and O–H groups in total. The van der Waals surface area contributed by atoms with Crippen LogP contribution in [-0.4, -0.2) is 18.2 Å². The largest absolute Gasteiger partial charge is 0.486 e. The van der Waals surface area contributed by atoms with Gasteiger partial charge in [0.2, 0.25) is 0 Å². The highest BCUT2D eigenvalue weighted by atomic mass is 16.6. The van der Waals surface area contributed by atoms with Gasteiger partial charge in [0.1, 0.15) is 13.2 Å². The van der Waals surface area contributed by atoms with E-state index in [1.807, 2.05) is 24.3 Å². The van der Waals surface area contributed by atoms with E-state index in [0.717, 1.165) is 30.2 Å². The zero-order chi connectivity index (χ0) is 12.9. The summed E-state index contributed by atoms with van der Waals surface area (Å²) in [5.74, 6) is 1.71. The molecule has 1 aliphatic rings. The minimum atomic E-state index is 0.619. The number of rotatable bonds is 4. The summed E-state index contributed by atoms with van der Waals surface area (Å²) in [6.07, 6.45) is 3.61. The molecule has 0 saturated heterocycles. The predicted molar refractivity (Wildman–Crippen MR) is 72.2 cm³/mol. The maximum absolute atomic E-state index is 5.68. The number of hydrogen-bond donors (Lipinski definition) is 1. The molecule has 0 aliphatic carbocycles. The SMILES string of the molecule is c1cc(CNCc2ccncc2)c2c(c1)OCCO2. The summed E-state index contributed by atoms with van der Waals surface area (Å²) < 4.78 is 11.3. The number of pyridine rings is 1. The van der Waals surface area contributed by atoms with Crippen LogP contribution in [0.2, 0.25) is 0 Å². The zero-order valence-electron chi connectivity index (χ0n) is 10.6. The van der Waals surface area contributed by atoms with Crippen molar-refractivity contribution in [2.45, 2.75) is 13.1 Å². The summed E-state index contributed by atoms with van der Waals surface area (Å²) in [5.41, 5.74) is 2.35. The lowest BCUT2D eigenvalue weighted by Crippen LogP contribution is -2.19. The Morgan fingerprint density at radius 1 is 1.00 bits per heavy atom. The molecule has 1 aromatic heterocycles. The Balaban J connectivity index is 1.64. The molecule has 0 radical (unpaired) electrons. The second-order valence-electron chi connectivity index (χ2n) is 4.40. The van der Waals surface area contributed by atoms with E-state index in [2.05, 4.69) is 16.4 Å². The number of benzene rings is 1. The van der Waals surface area contributed by atoms with E-state index >= 15 is 0 Å². The summed E-state index contributed by atoms with van der Waals surface area (Å²) in [7, 11) is 0. The van der Waals surface area contributed by atoms with Gasteiger partial charge in [-0.1, -0.05) is 12.1 Å². The third kappa shape index (κ3) is 2.85. The van der Waals surface area contributed by atoms with Crippen LogP contribution in [-0.2, 0) is 13.1 Å². The lowest BCUT2D eigenvalue weighted by atomic mass is 10.1. The summed E-state index contributed by atoms with van der Waals surface area (Å²) >= 11 is 0. The number of para-hydroxylation sites is 1. The van der Waals surface area contributed by atoms with Gasteiger partial charge < -0.3 is 14.8 Å². The van der Waals surface area contributed by atoms with Crippen molar-refractivity contribution in [3.05, 3.63) is 53.9 Å². The number of nitrogens with one attached hydrogen (secondary N) is 1. The third-order valence-corrected chi connectivity index (χ3v) is 3.04. The van der Waals surface area contributed by atoms with Crippen molar-refractivity contribution in [1.82, 2.24) is 10.3 Å². The Bertz CT molecular complexity index is 543. The molecule has 4 nitrogen and oxygen atoms in total. The molecular weight excluding hydrogens is 240 g/mol. The molecule has 98 valence electrons. The zero-order valence-corrected chi connectivity index (χ0v) is 10.6. The quantitative estimate of drug-likeness (QED) is 0.910. The van der Waals surface area contributed by atoms with Crippen LogP contribution in [0.5, 0.6) is 11.5 Å². The highest BCUT2D eigenvalue weighted by Crippen LogP contribution is 2.33. The molecule has 1 aromatic carbocycles. The van der Waals surface area contributed by atoms with E-state index in [1.165, 1.54) is 5.56 Å². The molecule has 1 aliphatic heterocycles. The molecule has 0 amide bonds. The van der Waals surface area contributed by atoms with Crippen molar-refractivity contribution < 1.29 is 9.47 Å². The van der Waals surface area contributed by atoms with Crippen molar-refractivity contribution >= 4 is 0 Å². The first-order chi connectivity index (χ1) is 9.43. The maximum Gasteiger partial charge on any atom is 0.165 e. The molecule has 0 saturated carbocycles. The van der Waals surface area contributed by atoms with Gasteiger partial charge in [-0.15, -0.1) is 0 Å². The normalized spacial score (nSPS) is 13.3. The number of aromatic nitrogens is 1. The van der Waals surface area contributed by atoms with Crippen LogP contribution in [0.15, 0.2) is 42.7 Å². The average Bonchev–Trinajstić information content (AvgIpc) is 2.49. The molecule has 0 bridgehead atoms. The molecule has 0 fully saturated rings. The van der Waals surface area contributed by atoms with Gasteiger partial charge in [-0.05, 0) is 23.8 Å². The van der Waals surface area contributed by atoms with Gasteiger partial charge in [-0.25, -0.2) is 0 Å². The van der Waals surface area contributed by atoms with Crippen molar-refractivity contribution in [3.8, 4) is 11.5 Å². The maximum atomic E-state index is 5.68.